The molecule has 2 rings (SSSR count). The zero-order chi connectivity index (χ0) is 16.7. The summed E-state index contributed by atoms with van der Waals surface area (Å²) >= 11 is 0. The quantitative estimate of drug-likeness (QED) is 0.826. The summed E-state index contributed by atoms with van der Waals surface area (Å²) in [5.41, 5.74) is 7.44. The number of nitrogens with two attached hydrogens (primary N) is 1. The first kappa shape index (κ1) is 16.9. The number of hydrogen-bond acceptors (Lipinski definition) is 5. The van der Waals surface area contributed by atoms with E-state index in [2.05, 4.69) is 27.7 Å². The second-order valence-corrected chi connectivity index (χ2v) is 5.57. The maximum absolute atomic E-state index is 9.23. The summed E-state index contributed by atoms with van der Waals surface area (Å²) in [6, 6.07) is 10.1. The summed E-state index contributed by atoms with van der Waals surface area (Å²) in [7, 11) is 2.00. The number of hydrogen-bond donors (Lipinski definition) is 1. The van der Waals surface area contributed by atoms with Crippen molar-refractivity contribution >= 4 is 5.96 Å². The molecule has 0 amide bonds. The molecule has 5 heteroatoms. The lowest BCUT2D eigenvalue weighted by molar-refractivity contribution is 0.394. The van der Waals surface area contributed by atoms with Gasteiger partial charge < -0.3 is 15.5 Å². The van der Waals surface area contributed by atoms with Gasteiger partial charge in [0.25, 0.3) is 0 Å². The number of aliphatic imine (C=N–C) groups is 1. The summed E-state index contributed by atoms with van der Waals surface area (Å²) < 4.78 is 0. The summed E-state index contributed by atoms with van der Waals surface area (Å²) in [5, 5.41) is 9.23. The van der Waals surface area contributed by atoms with Crippen LogP contribution in [0.25, 0.3) is 0 Å². The summed E-state index contributed by atoms with van der Waals surface area (Å²) in [4.78, 5) is 9.11. The lowest BCUT2D eigenvalue weighted by Crippen LogP contribution is -2.42. The normalized spacial score (nSPS) is 16.3. The fourth-order valence-corrected chi connectivity index (χ4v) is 2.74. The van der Waals surface area contributed by atoms with E-state index < -0.39 is 0 Å². The van der Waals surface area contributed by atoms with Crippen molar-refractivity contribution in [1.29, 1.82) is 5.26 Å². The van der Waals surface area contributed by atoms with E-state index in [0.717, 1.165) is 36.6 Å². The number of guanidine groups is 1. The monoisotopic (exact) mass is 309 g/mol. The molecule has 0 radical (unpaired) electrons. The Kier molecular flexibility index (Phi) is 6.02. The van der Waals surface area contributed by atoms with Crippen molar-refractivity contribution in [3.8, 4) is 17.9 Å². The van der Waals surface area contributed by atoms with Crippen LogP contribution < -0.4 is 5.73 Å². The van der Waals surface area contributed by atoms with Crippen LogP contribution in [-0.2, 0) is 6.42 Å². The molecule has 0 fully saturated rings. The van der Waals surface area contributed by atoms with Gasteiger partial charge in [-0.05, 0) is 25.0 Å². The fourth-order valence-electron chi connectivity index (χ4n) is 2.74. The molecule has 0 aromatic heterocycles. The summed E-state index contributed by atoms with van der Waals surface area (Å²) in [5.74, 6) is 6.99. The molecular formula is C18H23N5. The topological polar surface area (TPSA) is 68.7 Å². The van der Waals surface area contributed by atoms with Gasteiger partial charge in [-0.1, -0.05) is 24.1 Å². The van der Waals surface area contributed by atoms with Crippen LogP contribution in [0, 0.1) is 23.2 Å². The molecule has 0 bridgehead atoms. The highest BCUT2D eigenvalue weighted by Crippen LogP contribution is 2.18. The van der Waals surface area contributed by atoms with Crippen LogP contribution in [0.2, 0.25) is 0 Å². The van der Waals surface area contributed by atoms with Crippen LogP contribution in [-0.4, -0.2) is 55.0 Å². The van der Waals surface area contributed by atoms with Gasteiger partial charge in [-0.15, -0.1) is 5.92 Å². The Balaban J connectivity index is 2.16. The minimum absolute atomic E-state index is 0.137. The second-order valence-electron chi connectivity index (χ2n) is 5.57. The van der Waals surface area contributed by atoms with Gasteiger partial charge in [0.1, 0.15) is 0 Å². The van der Waals surface area contributed by atoms with Crippen molar-refractivity contribution in [2.45, 2.75) is 19.4 Å². The van der Waals surface area contributed by atoms with Gasteiger partial charge in [0.2, 0.25) is 0 Å². The molecule has 1 unspecified atom stereocenters. The largest absolute Gasteiger partial charge is 0.345 e. The maximum Gasteiger partial charge on any atom is 0.197 e. The predicted molar refractivity (Wildman–Crippen MR) is 92.8 cm³/mol. The first-order chi connectivity index (χ1) is 11.2. The minimum Gasteiger partial charge on any atom is -0.345 e. The average molecular weight is 309 g/mol. The van der Waals surface area contributed by atoms with E-state index in [1.54, 1.807) is 0 Å². The maximum atomic E-state index is 9.23. The Hall–Kier alpha value is -2.50. The number of likely N-dealkylation sites (N-methyl/N-ethyl adjacent to an activating group) is 1. The van der Waals surface area contributed by atoms with E-state index in [4.69, 9.17) is 10.7 Å². The third kappa shape index (κ3) is 4.25. The Labute approximate surface area is 138 Å². The molecule has 0 spiro atoms. The average Bonchev–Trinajstić information content (AvgIpc) is 2.96. The zero-order valence-electron chi connectivity index (χ0n) is 13.8. The summed E-state index contributed by atoms with van der Waals surface area (Å²) in [6.45, 7) is 4.68. The first-order valence-electron chi connectivity index (χ1n) is 7.81. The molecule has 1 aromatic carbocycles. The molecule has 23 heavy (non-hydrogen) atoms. The van der Waals surface area contributed by atoms with E-state index in [1.807, 2.05) is 38.2 Å². The second kappa shape index (κ2) is 8.22. The van der Waals surface area contributed by atoms with Crippen LogP contribution in [0.5, 0.6) is 0 Å². The van der Waals surface area contributed by atoms with Gasteiger partial charge in [-0.3, -0.25) is 0 Å². The third-order valence-electron chi connectivity index (χ3n) is 3.86. The van der Waals surface area contributed by atoms with Crippen LogP contribution in [0.1, 0.15) is 18.1 Å². The van der Waals surface area contributed by atoms with E-state index in [9.17, 15) is 5.26 Å². The SMILES string of the molecule is CC#CCN1CC(Cc2ccccc2C#N)N=C1N(C)CCN. The van der Waals surface area contributed by atoms with Crippen molar-refractivity contribution in [2.75, 3.05) is 33.2 Å². The Morgan fingerprint density at radius 1 is 1.43 bits per heavy atom. The molecule has 1 heterocycles. The number of nitrogens with zero attached hydrogens (tertiary/aromatic N) is 4. The molecule has 1 aromatic rings. The standard InChI is InChI=1S/C18H23N5/c1-3-4-10-23-14-17(21-18(23)22(2)11-9-19)12-15-7-5-6-8-16(15)13-20/h5-8,17H,9-12,14,19H2,1-2H3. The molecule has 0 aliphatic carbocycles. The number of nitriles is 1. The first-order valence-corrected chi connectivity index (χ1v) is 7.81. The van der Waals surface area contributed by atoms with Crippen LogP contribution in [0.4, 0.5) is 0 Å². The van der Waals surface area contributed by atoms with Gasteiger partial charge in [0.15, 0.2) is 5.96 Å². The molecule has 1 aliphatic heterocycles. The van der Waals surface area contributed by atoms with Crippen molar-refractivity contribution in [3.05, 3.63) is 35.4 Å². The highest BCUT2D eigenvalue weighted by Gasteiger charge is 2.27. The summed E-state index contributed by atoms with van der Waals surface area (Å²) in [6.07, 6.45) is 0.764. The van der Waals surface area contributed by atoms with Crippen molar-refractivity contribution in [1.82, 2.24) is 9.80 Å². The van der Waals surface area contributed by atoms with Gasteiger partial charge in [0, 0.05) is 26.7 Å². The smallest absolute Gasteiger partial charge is 0.197 e. The molecular weight excluding hydrogens is 286 g/mol. The van der Waals surface area contributed by atoms with E-state index in [-0.39, 0.29) is 6.04 Å². The Bertz CT molecular complexity index is 662. The third-order valence-corrected chi connectivity index (χ3v) is 3.86. The van der Waals surface area contributed by atoms with Gasteiger partial charge >= 0.3 is 0 Å². The molecule has 2 N–H and O–H groups in total. The molecule has 0 saturated carbocycles. The highest BCUT2D eigenvalue weighted by atomic mass is 15.4. The fraction of sp³-hybridized carbons (Fsp3) is 0.444. The lowest BCUT2D eigenvalue weighted by atomic mass is 10.0. The van der Waals surface area contributed by atoms with Gasteiger partial charge in [0.05, 0.1) is 24.2 Å². The predicted octanol–water partition coefficient (Wildman–Crippen LogP) is 1.05. The van der Waals surface area contributed by atoms with E-state index in [1.165, 1.54) is 0 Å². The Morgan fingerprint density at radius 2 is 2.22 bits per heavy atom. The highest BCUT2D eigenvalue weighted by molar-refractivity contribution is 5.82. The van der Waals surface area contributed by atoms with Crippen molar-refractivity contribution in [2.24, 2.45) is 10.7 Å². The molecule has 0 saturated heterocycles. The van der Waals surface area contributed by atoms with Crippen LogP contribution in [0.3, 0.4) is 0 Å². The van der Waals surface area contributed by atoms with Gasteiger partial charge in [-0.2, -0.15) is 5.26 Å². The van der Waals surface area contributed by atoms with Gasteiger partial charge in [-0.25, -0.2) is 4.99 Å². The molecule has 5 nitrogen and oxygen atoms in total. The van der Waals surface area contributed by atoms with Crippen LogP contribution in [0.15, 0.2) is 29.3 Å². The number of benzene rings is 1. The van der Waals surface area contributed by atoms with Crippen LogP contribution >= 0.6 is 0 Å². The molecule has 1 aliphatic rings. The molecule has 120 valence electrons. The van der Waals surface area contributed by atoms with Crippen molar-refractivity contribution in [3.63, 3.8) is 0 Å². The van der Waals surface area contributed by atoms with E-state index in [0.29, 0.717) is 13.1 Å². The Morgan fingerprint density at radius 3 is 2.91 bits per heavy atom. The lowest BCUT2D eigenvalue weighted by Gasteiger charge is -2.25. The van der Waals surface area contributed by atoms with E-state index >= 15 is 0 Å². The van der Waals surface area contributed by atoms with Crippen molar-refractivity contribution < 1.29 is 0 Å². The molecule has 1 atom stereocenters. The minimum atomic E-state index is 0.137. The number of rotatable bonds is 5. The zero-order valence-corrected chi connectivity index (χ0v) is 13.8.